The predicted molar refractivity (Wildman–Crippen MR) is 66.5 cm³/mol. The fourth-order valence-corrected chi connectivity index (χ4v) is 2.01. The first kappa shape index (κ1) is 11.8. The quantitative estimate of drug-likeness (QED) is 0.858. The van der Waals surface area contributed by atoms with E-state index in [1.54, 1.807) is 48.5 Å². The lowest BCUT2D eigenvalue weighted by atomic mass is 9.83. The summed E-state index contributed by atoms with van der Waals surface area (Å²) < 4.78 is 13.9. The molecule has 0 aliphatic rings. The van der Waals surface area contributed by atoms with E-state index in [4.69, 9.17) is 0 Å². The van der Waals surface area contributed by atoms with Gasteiger partial charge in [0.25, 0.3) is 0 Å². The molecule has 88 valence electrons. The summed E-state index contributed by atoms with van der Waals surface area (Å²) in [5.41, 5.74) is -0.440. The molecule has 17 heavy (non-hydrogen) atoms. The van der Waals surface area contributed by atoms with Crippen molar-refractivity contribution in [2.75, 3.05) is 0 Å². The lowest BCUT2D eigenvalue weighted by molar-refractivity contribution is 0.00447. The Bertz CT molecular complexity index is 425. The molecule has 2 aromatic carbocycles. The van der Waals surface area contributed by atoms with Crippen LogP contribution in [-0.2, 0) is 5.60 Å². The molecule has 0 saturated heterocycles. The van der Waals surface area contributed by atoms with Crippen molar-refractivity contribution in [2.24, 2.45) is 0 Å². The minimum Gasteiger partial charge on any atom is -0.377 e. The molecule has 1 atom stereocenters. The van der Waals surface area contributed by atoms with E-state index in [0.717, 1.165) is 0 Å². The van der Waals surface area contributed by atoms with Gasteiger partial charge in [0.15, 0.2) is 0 Å². The van der Waals surface area contributed by atoms with Crippen LogP contribution < -0.4 is 0 Å². The first-order chi connectivity index (χ1) is 8.15. The SMILES string of the molecule is CC(F)C(O)(c1ccccc1)c1ccccc1. The van der Waals surface area contributed by atoms with Crippen LogP contribution in [0.5, 0.6) is 0 Å². The van der Waals surface area contributed by atoms with E-state index in [1.807, 2.05) is 12.1 Å². The smallest absolute Gasteiger partial charge is 0.145 e. The van der Waals surface area contributed by atoms with Crippen LogP contribution in [0.15, 0.2) is 60.7 Å². The molecular weight excluding hydrogens is 215 g/mol. The molecule has 1 N–H and O–H groups in total. The van der Waals surface area contributed by atoms with Gasteiger partial charge in [0.1, 0.15) is 11.8 Å². The molecule has 2 heteroatoms. The molecule has 0 heterocycles. The topological polar surface area (TPSA) is 20.2 Å². The van der Waals surface area contributed by atoms with Gasteiger partial charge < -0.3 is 5.11 Å². The van der Waals surface area contributed by atoms with E-state index in [9.17, 15) is 9.50 Å². The number of hydrogen-bond donors (Lipinski definition) is 1. The average molecular weight is 230 g/mol. The van der Waals surface area contributed by atoms with Crippen LogP contribution in [0.3, 0.4) is 0 Å². The standard InChI is InChI=1S/C15H15FO/c1-12(16)15(17,13-8-4-2-5-9-13)14-10-6-3-7-11-14/h2-12,17H,1H3. The fraction of sp³-hybridized carbons (Fsp3) is 0.200. The zero-order valence-corrected chi connectivity index (χ0v) is 9.68. The van der Waals surface area contributed by atoms with E-state index in [0.29, 0.717) is 11.1 Å². The molecule has 2 aromatic rings. The van der Waals surface area contributed by atoms with Crippen LogP contribution in [-0.4, -0.2) is 11.3 Å². The fourth-order valence-electron chi connectivity index (χ4n) is 2.01. The number of alkyl halides is 1. The summed E-state index contributed by atoms with van der Waals surface area (Å²) >= 11 is 0. The normalized spacial score (nSPS) is 13.4. The van der Waals surface area contributed by atoms with Crippen molar-refractivity contribution in [1.82, 2.24) is 0 Å². The highest BCUT2D eigenvalue weighted by Crippen LogP contribution is 2.34. The maximum Gasteiger partial charge on any atom is 0.145 e. The summed E-state index contributed by atoms with van der Waals surface area (Å²) in [6.07, 6.45) is -1.38. The summed E-state index contributed by atoms with van der Waals surface area (Å²) in [5, 5.41) is 10.7. The molecule has 1 nitrogen and oxygen atoms in total. The Morgan fingerprint density at radius 2 is 1.24 bits per heavy atom. The van der Waals surface area contributed by atoms with Crippen molar-refractivity contribution in [3.8, 4) is 0 Å². The van der Waals surface area contributed by atoms with E-state index in [1.165, 1.54) is 6.92 Å². The zero-order valence-electron chi connectivity index (χ0n) is 9.68. The average Bonchev–Trinajstić information content (AvgIpc) is 2.39. The molecule has 0 aliphatic heterocycles. The predicted octanol–water partition coefficient (Wildman–Crippen LogP) is 3.28. The summed E-state index contributed by atoms with van der Waals surface area (Å²) in [5.74, 6) is 0. The molecular formula is C15H15FO. The Balaban J connectivity index is 2.55. The van der Waals surface area contributed by atoms with Gasteiger partial charge in [-0.25, -0.2) is 4.39 Å². The van der Waals surface area contributed by atoms with Gasteiger partial charge in [-0.2, -0.15) is 0 Å². The lowest BCUT2D eigenvalue weighted by Gasteiger charge is -2.30. The Morgan fingerprint density at radius 1 is 0.882 bits per heavy atom. The van der Waals surface area contributed by atoms with Gasteiger partial charge in [-0.1, -0.05) is 60.7 Å². The Labute approximate surface area is 101 Å². The highest BCUT2D eigenvalue weighted by atomic mass is 19.1. The molecule has 0 fully saturated rings. The maximum absolute atomic E-state index is 13.9. The van der Waals surface area contributed by atoms with Gasteiger partial charge >= 0.3 is 0 Å². The monoisotopic (exact) mass is 230 g/mol. The third-order valence-electron chi connectivity index (χ3n) is 3.00. The van der Waals surface area contributed by atoms with Gasteiger partial charge in [0.2, 0.25) is 0 Å². The van der Waals surface area contributed by atoms with Crippen molar-refractivity contribution in [2.45, 2.75) is 18.7 Å². The zero-order chi connectivity index (χ0) is 12.3. The van der Waals surface area contributed by atoms with E-state index in [2.05, 4.69) is 0 Å². The highest BCUT2D eigenvalue weighted by molar-refractivity contribution is 5.37. The molecule has 0 spiro atoms. The van der Waals surface area contributed by atoms with E-state index >= 15 is 0 Å². The first-order valence-corrected chi connectivity index (χ1v) is 5.63. The second kappa shape index (κ2) is 4.68. The van der Waals surface area contributed by atoms with Crippen LogP contribution in [0.1, 0.15) is 18.1 Å². The minimum atomic E-state index is -1.58. The summed E-state index contributed by atoms with van der Waals surface area (Å²) in [7, 11) is 0. The van der Waals surface area contributed by atoms with Gasteiger partial charge in [-0.05, 0) is 18.1 Å². The molecule has 2 rings (SSSR count). The molecule has 0 aliphatic carbocycles. The summed E-state index contributed by atoms with van der Waals surface area (Å²) in [6.45, 7) is 1.38. The molecule has 0 bridgehead atoms. The third kappa shape index (κ3) is 2.08. The summed E-state index contributed by atoms with van der Waals surface area (Å²) in [6, 6.07) is 17.8. The second-order valence-corrected chi connectivity index (χ2v) is 4.11. The number of benzene rings is 2. The first-order valence-electron chi connectivity index (χ1n) is 5.63. The van der Waals surface area contributed by atoms with Crippen molar-refractivity contribution in [1.29, 1.82) is 0 Å². The van der Waals surface area contributed by atoms with Gasteiger partial charge in [0.05, 0.1) is 0 Å². The van der Waals surface area contributed by atoms with Crippen LogP contribution in [0.25, 0.3) is 0 Å². The van der Waals surface area contributed by atoms with Crippen molar-refractivity contribution < 1.29 is 9.50 Å². The number of aliphatic hydroxyl groups is 1. The van der Waals surface area contributed by atoms with Crippen molar-refractivity contribution >= 4 is 0 Å². The van der Waals surface area contributed by atoms with Crippen LogP contribution in [0.4, 0.5) is 4.39 Å². The van der Waals surface area contributed by atoms with Crippen LogP contribution in [0.2, 0.25) is 0 Å². The van der Waals surface area contributed by atoms with E-state index < -0.39 is 11.8 Å². The molecule has 0 saturated carbocycles. The van der Waals surface area contributed by atoms with Crippen LogP contribution >= 0.6 is 0 Å². The van der Waals surface area contributed by atoms with Crippen LogP contribution in [0, 0.1) is 0 Å². The number of halogens is 1. The molecule has 0 aromatic heterocycles. The summed E-state index contributed by atoms with van der Waals surface area (Å²) in [4.78, 5) is 0. The third-order valence-corrected chi connectivity index (χ3v) is 3.00. The van der Waals surface area contributed by atoms with Crippen molar-refractivity contribution in [3.05, 3.63) is 71.8 Å². The van der Waals surface area contributed by atoms with Crippen molar-refractivity contribution in [3.63, 3.8) is 0 Å². The number of rotatable bonds is 3. The Morgan fingerprint density at radius 3 is 1.53 bits per heavy atom. The minimum absolute atomic E-state index is 0.571. The van der Waals surface area contributed by atoms with Gasteiger partial charge in [-0.15, -0.1) is 0 Å². The molecule has 0 amide bonds. The molecule has 0 radical (unpaired) electrons. The van der Waals surface area contributed by atoms with Gasteiger partial charge in [0, 0.05) is 0 Å². The van der Waals surface area contributed by atoms with Gasteiger partial charge in [-0.3, -0.25) is 0 Å². The second-order valence-electron chi connectivity index (χ2n) is 4.11. The highest BCUT2D eigenvalue weighted by Gasteiger charge is 2.37. The largest absolute Gasteiger partial charge is 0.377 e. The number of hydrogen-bond acceptors (Lipinski definition) is 1. The lowest BCUT2D eigenvalue weighted by Crippen LogP contribution is -2.36. The van der Waals surface area contributed by atoms with E-state index in [-0.39, 0.29) is 0 Å². The Hall–Kier alpha value is -1.67. The maximum atomic E-state index is 13.9. The molecule has 1 unspecified atom stereocenters. The Kier molecular flexibility index (Phi) is 3.25.